The molecule has 0 unspecified atom stereocenters. The van der Waals surface area contributed by atoms with Gasteiger partial charge in [0.2, 0.25) is 0 Å². The van der Waals surface area contributed by atoms with Crippen LogP contribution in [0.4, 0.5) is 0 Å². The molecule has 0 bridgehead atoms. The average molecular weight is 280 g/mol. The molecule has 2 aliphatic heterocycles. The predicted octanol–water partition coefficient (Wildman–Crippen LogP) is 2.36. The highest BCUT2D eigenvalue weighted by atomic mass is 32.1. The highest BCUT2D eigenvalue weighted by molar-refractivity contribution is 7.09. The molecule has 1 saturated carbocycles. The van der Waals surface area contributed by atoms with Gasteiger partial charge in [-0.05, 0) is 12.8 Å². The highest BCUT2D eigenvalue weighted by Crippen LogP contribution is 2.41. The number of aromatic nitrogens is 1. The zero-order valence-electron chi connectivity index (χ0n) is 11.1. The van der Waals surface area contributed by atoms with Crippen molar-refractivity contribution in [2.75, 3.05) is 26.3 Å². The van der Waals surface area contributed by atoms with Gasteiger partial charge in [-0.25, -0.2) is 4.98 Å². The molecule has 4 nitrogen and oxygen atoms in total. The van der Waals surface area contributed by atoms with Gasteiger partial charge in [-0.2, -0.15) is 0 Å². The van der Waals surface area contributed by atoms with Gasteiger partial charge < -0.3 is 9.47 Å². The third-order valence-electron chi connectivity index (χ3n) is 4.31. The Morgan fingerprint density at radius 3 is 2.68 bits per heavy atom. The Hall–Kier alpha value is -0.490. The Bertz CT molecular complexity index is 442. The maximum Gasteiger partial charge on any atom is 0.170 e. The summed E-state index contributed by atoms with van der Waals surface area (Å²) in [5, 5.41) is 3.59. The second-order valence-electron chi connectivity index (χ2n) is 5.84. The first-order valence-corrected chi connectivity index (χ1v) is 8.16. The van der Waals surface area contributed by atoms with Gasteiger partial charge in [0.1, 0.15) is 0 Å². The summed E-state index contributed by atoms with van der Waals surface area (Å²) >= 11 is 1.84. The van der Waals surface area contributed by atoms with Gasteiger partial charge in [0.25, 0.3) is 0 Å². The number of piperidine rings is 1. The van der Waals surface area contributed by atoms with Crippen LogP contribution in [0.15, 0.2) is 5.38 Å². The van der Waals surface area contributed by atoms with Crippen LogP contribution in [-0.4, -0.2) is 42.0 Å². The molecular formula is C14H20N2O2S. The van der Waals surface area contributed by atoms with Gasteiger partial charge in [-0.15, -0.1) is 11.3 Å². The van der Waals surface area contributed by atoms with Crippen LogP contribution in [0.3, 0.4) is 0 Å². The SMILES string of the molecule is c1sc(C2CC2)nc1CN1CCC2(CC1)OCCO2. The van der Waals surface area contributed by atoms with Crippen LogP contribution < -0.4 is 0 Å². The van der Waals surface area contributed by atoms with Crippen LogP contribution in [0.1, 0.15) is 42.3 Å². The van der Waals surface area contributed by atoms with E-state index in [9.17, 15) is 0 Å². The zero-order chi connectivity index (χ0) is 12.7. The van der Waals surface area contributed by atoms with Crippen molar-refractivity contribution in [1.82, 2.24) is 9.88 Å². The zero-order valence-corrected chi connectivity index (χ0v) is 12.0. The molecule has 3 aliphatic rings. The number of thiazole rings is 1. The number of hydrogen-bond acceptors (Lipinski definition) is 5. The van der Waals surface area contributed by atoms with E-state index in [0.29, 0.717) is 0 Å². The smallest absolute Gasteiger partial charge is 0.170 e. The van der Waals surface area contributed by atoms with Gasteiger partial charge in [0.15, 0.2) is 5.79 Å². The van der Waals surface area contributed by atoms with Crippen LogP contribution in [0.5, 0.6) is 0 Å². The summed E-state index contributed by atoms with van der Waals surface area (Å²) in [6, 6.07) is 0. The van der Waals surface area contributed by atoms with E-state index in [1.54, 1.807) is 0 Å². The Morgan fingerprint density at radius 1 is 1.26 bits per heavy atom. The molecule has 1 aromatic heterocycles. The lowest BCUT2D eigenvalue weighted by Gasteiger charge is -2.37. The molecule has 0 N–H and O–H groups in total. The van der Waals surface area contributed by atoms with Crippen LogP contribution >= 0.6 is 11.3 Å². The van der Waals surface area contributed by atoms with Crippen LogP contribution in [-0.2, 0) is 16.0 Å². The molecule has 1 aliphatic carbocycles. The van der Waals surface area contributed by atoms with E-state index >= 15 is 0 Å². The van der Waals surface area contributed by atoms with E-state index in [-0.39, 0.29) is 5.79 Å². The number of rotatable bonds is 3. The van der Waals surface area contributed by atoms with E-state index in [0.717, 1.165) is 51.6 Å². The van der Waals surface area contributed by atoms with Crippen molar-refractivity contribution in [3.05, 3.63) is 16.1 Å². The molecule has 2 saturated heterocycles. The van der Waals surface area contributed by atoms with Gasteiger partial charge in [0, 0.05) is 43.8 Å². The molecule has 3 fully saturated rings. The molecule has 4 rings (SSSR count). The molecule has 0 amide bonds. The third kappa shape index (κ3) is 2.57. The minimum absolute atomic E-state index is 0.252. The van der Waals surface area contributed by atoms with Crippen LogP contribution in [0, 0.1) is 0 Å². The molecular weight excluding hydrogens is 260 g/mol. The molecule has 0 radical (unpaired) electrons. The first kappa shape index (κ1) is 12.3. The standard InChI is InChI=1S/C14H20N2O2S/c1-2-11(1)13-15-12(10-19-13)9-16-5-3-14(4-6-16)17-7-8-18-14/h10-11H,1-9H2. The summed E-state index contributed by atoms with van der Waals surface area (Å²) in [6.45, 7) is 4.61. The maximum atomic E-state index is 5.76. The number of ether oxygens (including phenoxy) is 2. The van der Waals surface area contributed by atoms with Crippen molar-refractivity contribution < 1.29 is 9.47 Å². The first-order valence-electron chi connectivity index (χ1n) is 7.28. The van der Waals surface area contributed by atoms with Gasteiger partial charge in [0.05, 0.1) is 23.9 Å². The summed E-state index contributed by atoms with van der Waals surface area (Å²) in [7, 11) is 0. The quantitative estimate of drug-likeness (QED) is 0.851. The Balaban J connectivity index is 1.33. The summed E-state index contributed by atoms with van der Waals surface area (Å²) in [6.07, 6.45) is 4.67. The van der Waals surface area contributed by atoms with Crippen molar-refractivity contribution in [2.45, 2.75) is 43.9 Å². The van der Waals surface area contributed by atoms with Crippen molar-refractivity contribution >= 4 is 11.3 Å². The number of hydrogen-bond donors (Lipinski definition) is 0. The fourth-order valence-electron chi connectivity index (χ4n) is 2.98. The van der Waals surface area contributed by atoms with E-state index in [2.05, 4.69) is 10.3 Å². The highest BCUT2D eigenvalue weighted by Gasteiger charge is 2.39. The molecule has 104 valence electrons. The van der Waals surface area contributed by atoms with E-state index < -0.39 is 0 Å². The van der Waals surface area contributed by atoms with Crippen molar-refractivity contribution in [3.63, 3.8) is 0 Å². The number of nitrogens with zero attached hydrogens (tertiary/aromatic N) is 2. The van der Waals surface area contributed by atoms with Crippen LogP contribution in [0.2, 0.25) is 0 Å². The molecule has 19 heavy (non-hydrogen) atoms. The molecule has 1 aromatic rings. The summed E-state index contributed by atoms with van der Waals surface area (Å²) < 4.78 is 11.5. The second-order valence-corrected chi connectivity index (χ2v) is 6.72. The molecule has 0 aromatic carbocycles. The lowest BCUT2D eigenvalue weighted by molar-refractivity contribution is -0.185. The minimum Gasteiger partial charge on any atom is -0.347 e. The van der Waals surface area contributed by atoms with Gasteiger partial charge in [-0.1, -0.05) is 0 Å². The minimum atomic E-state index is -0.252. The van der Waals surface area contributed by atoms with Gasteiger partial charge >= 0.3 is 0 Å². The summed E-state index contributed by atoms with van der Waals surface area (Å²) in [5.41, 5.74) is 1.25. The van der Waals surface area contributed by atoms with E-state index in [1.165, 1.54) is 23.5 Å². The number of likely N-dealkylation sites (tertiary alicyclic amines) is 1. The lowest BCUT2D eigenvalue weighted by atomic mass is 10.0. The van der Waals surface area contributed by atoms with Crippen molar-refractivity contribution in [2.24, 2.45) is 0 Å². The predicted molar refractivity (Wildman–Crippen MR) is 73.2 cm³/mol. The Kier molecular flexibility index (Phi) is 3.10. The monoisotopic (exact) mass is 280 g/mol. The third-order valence-corrected chi connectivity index (χ3v) is 5.37. The molecule has 1 spiro atoms. The van der Waals surface area contributed by atoms with Gasteiger partial charge in [-0.3, -0.25) is 4.90 Å². The van der Waals surface area contributed by atoms with Crippen molar-refractivity contribution in [1.29, 1.82) is 0 Å². The fourth-order valence-corrected chi connectivity index (χ4v) is 3.96. The largest absolute Gasteiger partial charge is 0.347 e. The molecule has 0 atom stereocenters. The topological polar surface area (TPSA) is 34.6 Å². The molecule has 5 heteroatoms. The summed E-state index contributed by atoms with van der Waals surface area (Å²) in [4.78, 5) is 7.24. The fraction of sp³-hybridized carbons (Fsp3) is 0.786. The molecule has 3 heterocycles. The lowest BCUT2D eigenvalue weighted by Crippen LogP contribution is -2.44. The average Bonchev–Trinajstić information content (AvgIpc) is 3.01. The second kappa shape index (κ2) is 4.81. The van der Waals surface area contributed by atoms with E-state index in [4.69, 9.17) is 14.5 Å². The van der Waals surface area contributed by atoms with E-state index in [1.807, 2.05) is 11.3 Å². The van der Waals surface area contributed by atoms with Crippen LogP contribution in [0.25, 0.3) is 0 Å². The van der Waals surface area contributed by atoms with Crippen molar-refractivity contribution in [3.8, 4) is 0 Å². The Labute approximate surface area is 117 Å². The normalized spacial score (nSPS) is 27.2. The maximum absolute atomic E-state index is 5.76. The summed E-state index contributed by atoms with van der Waals surface area (Å²) in [5.74, 6) is 0.529. The first-order chi connectivity index (χ1) is 9.33. The Morgan fingerprint density at radius 2 is 2.00 bits per heavy atom.